The van der Waals surface area contributed by atoms with Crippen LogP contribution in [0, 0.1) is 12.8 Å². The Balaban J connectivity index is 1.53. The van der Waals surface area contributed by atoms with Crippen molar-refractivity contribution in [2.24, 2.45) is 5.92 Å². The molecule has 2 aromatic rings. The lowest BCUT2D eigenvalue weighted by Crippen LogP contribution is -2.47. The van der Waals surface area contributed by atoms with Gasteiger partial charge in [-0.15, -0.1) is 11.8 Å². The fraction of sp³-hybridized carbons (Fsp3) is 0.364. The van der Waals surface area contributed by atoms with Crippen molar-refractivity contribution in [3.63, 3.8) is 0 Å². The average molecular weight is 494 g/mol. The van der Waals surface area contributed by atoms with E-state index < -0.39 is 21.2 Å². The van der Waals surface area contributed by atoms with Crippen molar-refractivity contribution in [2.75, 3.05) is 23.1 Å². The molecule has 1 atom stereocenters. The number of halogens is 1. The van der Waals surface area contributed by atoms with Crippen molar-refractivity contribution in [2.45, 2.75) is 41.7 Å². The van der Waals surface area contributed by atoms with E-state index in [-0.39, 0.29) is 10.8 Å². The number of thioether (sulfide) groups is 1. The molecule has 10 heteroatoms. The number of rotatable bonds is 4. The van der Waals surface area contributed by atoms with E-state index in [2.05, 4.69) is 17.0 Å². The van der Waals surface area contributed by atoms with Gasteiger partial charge in [0.2, 0.25) is 11.8 Å². The number of carbonyl (C=O) groups is 2. The first kappa shape index (κ1) is 22.9. The summed E-state index contributed by atoms with van der Waals surface area (Å²) in [6.07, 6.45) is 1.86. The summed E-state index contributed by atoms with van der Waals surface area (Å²) >= 11 is 7.15. The lowest BCUT2D eigenvalue weighted by Gasteiger charge is -2.33. The van der Waals surface area contributed by atoms with E-state index in [1.54, 1.807) is 36.1 Å². The van der Waals surface area contributed by atoms with E-state index >= 15 is 0 Å². The number of fused-ring (bicyclic) bond motifs is 1. The van der Waals surface area contributed by atoms with Gasteiger partial charge in [-0.3, -0.25) is 14.3 Å². The number of hydrogen-bond acceptors (Lipinski definition) is 5. The molecule has 0 aliphatic carbocycles. The standard InChI is InChI=1S/C22H24ClN3O4S2/c1-13-7-9-26(10-8-13)22(28)20-21(27)24-18-12-16(5-6-19(18)31-20)32(29,30)25-17-11-15(23)4-3-14(17)2/h3-6,11-13,20,25H,7-10H2,1-2H3,(H,24,27)/t20-/m0/s1. The zero-order valence-electron chi connectivity index (χ0n) is 17.7. The SMILES string of the molecule is Cc1ccc(Cl)cc1NS(=O)(=O)c1ccc2c(c1)NC(=O)[C@@H](C(=O)N1CCC(C)CC1)S2. The molecule has 2 aliphatic heterocycles. The minimum atomic E-state index is -3.90. The minimum Gasteiger partial charge on any atom is -0.341 e. The first-order valence-corrected chi connectivity index (χ1v) is 13.1. The molecule has 0 bridgehead atoms. The van der Waals surface area contributed by atoms with E-state index in [9.17, 15) is 18.0 Å². The Morgan fingerprint density at radius 2 is 1.91 bits per heavy atom. The molecule has 7 nitrogen and oxygen atoms in total. The van der Waals surface area contributed by atoms with Crippen LogP contribution in [0.2, 0.25) is 5.02 Å². The quantitative estimate of drug-likeness (QED) is 0.624. The van der Waals surface area contributed by atoms with Crippen LogP contribution >= 0.6 is 23.4 Å². The van der Waals surface area contributed by atoms with E-state index in [0.717, 1.165) is 30.2 Å². The van der Waals surface area contributed by atoms with Crippen molar-refractivity contribution in [3.05, 3.63) is 47.0 Å². The summed E-state index contributed by atoms with van der Waals surface area (Å²) in [5, 5.41) is 2.26. The molecule has 0 radical (unpaired) electrons. The van der Waals surface area contributed by atoms with Gasteiger partial charge < -0.3 is 10.2 Å². The highest BCUT2D eigenvalue weighted by Gasteiger charge is 2.37. The maximum atomic E-state index is 12.9. The molecule has 0 aromatic heterocycles. The molecule has 170 valence electrons. The zero-order chi connectivity index (χ0) is 23.0. The first-order chi connectivity index (χ1) is 15.1. The van der Waals surface area contributed by atoms with Crippen molar-refractivity contribution < 1.29 is 18.0 Å². The third-order valence-corrected chi connectivity index (χ3v) is 8.63. The number of anilines is 2. The number of piperidine rings is 1. The minimum absolute atomic E-state index is 0.00585. The topological polar surface area (TPSA) is 95.6 Å². The average Bonchev–Trinajstić information content (AvgIpc) is 2.75. The second kappa shape index (κ2) is 8.96. The Bertz CT molecular complexity index is 1180. The fourth-order valence-corrected chi connectivity index (χ4v) is 6.09. The van der Waals surface area contributed by atoms with Gasteiger partial charge in [0, 0.05) is 23.0 Å². The maximum Gasteiger partial charge on any atom is 0.261 e. The molecule has 4 rings (SSSR count). The van der Waals surface area contributed by atoms with Crippen LogP contribution in [0.1, 0.15) is 25.3 Å². The molecule has 0 spiro atoms. The normalized spacial score (nSPS) is 19.3. The van der Waals surface area contributed by atoms with E-state index in [4.69, 9.17) is 11.6 Å². The second-order valence-corrected chi connectivity index (χ2v) is 11.5. The van der Waals surface area contributed by atoms with Crippen LogP contribution in [0.15, 0.2) is 46.2 Å². The summed E-state index contributed by atoms with van der Waals surface area (Å²) in [5.74, 6) is -0.0450. The van der Waals surface area contributed by atoms with Crippen LogP contribution in [0.5, 0.6) is 0 Å². The highest BCUT2D eigenvalue weighted by molar-refractivity contribution is 8.01. The largest absolute Gasteiger partial charge is 0.341 e. The van der Waals surface area contributed by atoms with Gasteiger partial charge in [-0.2, -0.15) is 0 Å². The maximum absolute atomic E-state index is 12.9. The predicted molar refractivity (Wildman–Crippen MR) is 127 cm³/mol. The number of sulfonamides is 1. The van der Waals surface area contributed by atoms with Crippen LogP contribution < -0.4 is 10.0 Å². The summed E-state index contributed by atoms with van der Waals surface area (Å²) in [5.41, 5.74) is 1.49. The number of hydrogen-bond donors (Lipinski definition) is 2. The fourth-order valence-electron chi connectivity index (χ4n) is 3.72. The number of carbonyl (C=O) groups excluding carboxylic acids is 2. The number of benzene rings is 2. The van der Waals surface area contributed by atoms with Gasteiger partial charge in [-0.1, -0.05) is 24.6 Å². The number of aryl methyl sites for hydroxylation is 1. The molecular weight excluding hydrogens is 470 g/mol. The molecule has 1 saturated heterocycles. The van der Waals surface area contributed by atoms with Gasteiger partial charge in [-0.25, -0.2) is 8.42 Å². The molecule has 0 unspecified atom stereocenters. The van der Waals surface area contributed by atoms with Gasteiger partial charge >= 0.3 is 0 Å². The highest BCUT2D eigenvalue weighted by Crippen LogP contribution is 2.38. The van der Waals surface area contributed by atoms with Crippen LogP contribution in [0.3, 0.4) is 0 Å². The molecule has 2 N–H and O–H groups in total. The molecule has 2 heterocycles. The third kappa shape index (κ3) is 4.74. The number of nitrogens with one attached hydrogen (secondary N) is 2. The predicted octanol–water partition coefficient (Wildman–Crippen LogP) is 4.12. The molecule has 2 aromatic carbocycles. The Kier molecular flexibility index (Phi) is 6.42. The van der Waals surface area contributed by atoms with Crippen molar-refractivity contribution in [1.29, 1.82) is 0 Å². The Hall–Kier alpha value is -2.23. The lowest BCUT2D eigenvalue weighted by molar-refractivity contribution is -0.135. The summed E-state index contributed by atoms with van der Waals surface area (Å²) < 4.78 is 28.3. The van der Waals surface area contributed by atoms with Gasteiger partial charge in [0.1, 0.15) is 0 Å². The highest BCUT2D eigenvalue weighted by atomic mass is 35.5. The first-order valence-electron chi connectivity index (χ1n) is 10.3. The number of likely N-dealkylation sites (tertiary alicyclic amines) is 1. The number of nitrogens with zero attached hydrogens (tertiary/aromatic N) is 1. The van der Waals surface area contributed by atoms with Gasteiger partial charge in [0.15, 0.2) is 5.25 Å². The zero-order valence-corrected chi connectivity index (χ0v) is 20.1. The molecule has 2 aliphatic rings. The van der Waals surface area contributed by atoms with E-state index in [1.807, 2.05) is 0 Å². The second-order valence-electron chi connectivity index (χ2n) is 8.22. The monoisotopic (exact) mass is 493 g/mol. The summed E-state index contributed by atoms with van der Waals surface area (Å²) in [7, 11) is -3.90. The third-order valence-electron chi connectivity index (χ3n) is 5.77. The van der Waals surface area contributed by atoms with Gasteiger partial charge in [0.05, 0.1) is 16.3 Å². The molecule has 1 fully saturated rings. The van der Waals surface area contributed by atoms with Crippen LogP contribution in [-0.2, 0) is 19.6 Å². The molecule has 2 amide bonds. The summed E-state index contributed by atoms with van der Waals surface area (Å²) in [6.45, 7) is 5.25. The van der Waals surface area contributed by atoms with Gasteiger partial charge in [-0.05, 0) is 61.6 Å². The Morgan fingerprint density at radius 3 is 2.62 bits per heavy atom. The number of amides is 2. The van der Waals surface area contributed by atoms with Crippen LogP contribution in [0.4, 0.5) is 11.4 Å². The lowest BCUT2D eigenvalue weighted by atomic mass is 9.99. The molecule has 32 heavy (non-hydrogen) atoms. The van der Waals surface area contributed by atoms with Gasteiger partial charge in [0.25, 0.3) is 10.0 Å². The van der Waals surface area contributed by atoms with Crippen molar-refractivity contribution in [3.8, 4) is 0 Å². The Morgan fingerprint density at radius 1 is 1.19 bits per heavy atom. The smallest absolute Gasteiger partial charge is 0.261 e. The van der Waals surface area contributed by atoms with Crippen LogP contribution in [-0.4, -0.2) is 43.5 Å². The molecular formula is C22H24ClN3O4S2. The Labute approximate surface area is 196 Å². The van der Waals surface area contributed by atoms with E-state index in [1.165, 1.54) is 12.1 Å². The van der Waals surface area contributed by atoms with E-state index in [0.29, 0.717) is 40.3 Å². The van der Waals surface area contributed by atoms with Crippen LogP contribution in [0.25, 0.3) is 0 Å². The summed E-state index contributed by atoms with van der Waals surface area (Å²) in [6, 6.07) is 9.45. The molecule has 0 saturated carbocycles. The summed E-state index contributed by atoms with van der Waals surface area (Å²) in [4.78, 5) is 28.0. The van der Waals surface area contributed by atoms with Crippen molar-refractivity contribution in [1.82, 2.24) is 4.90 Å². The van der Waals surface area contributed by atoms with Crippen molar-refractivity contribution >= 4 is 56.6 Å².